The van der Waals surface area contributed by atoms with E-state index in [1.807, 2.05) is 26.0 Å². The highest BCUT2D eigenvalue weighted by molar-refractivity contribution is 6.30. The second kappa shape index (κ2) is 14.1. The summed E-state index contributed by atoms with van der Waals surface area (Å²) in [6.07, 6.45) is 1.64. The Balaban J connectivity index is 1.55. The molecule has 2 aromatic heterocycles. The van der Waals surface area contributed by atoms with Crippen molar-refractivity contribution in [2.45, 2.75) is 52.5 Å². The molecule has 11 nitrogen and oxygen atoms in total. The first-order valence-corrected chi connectivity index (χ1v) is 15.3. The maximum absolute atomic E-state index is 14.8. The molecule has 2 amide bonds. The van der Waals surface area contributed by atoms with Crippen LogP contribution in [0.15, 0.2) is 48.5 Å². The minimum atomic E-state index is -0.677. The number of nitrogens with one attached hydrogen (secondary N) is 2. The Morgan fingerprint density at radius 2 is 1.98 bits per heavy atom. The summed E-state index contributed by atoms with van der Waals surface area (Å²) in [6.45, 7) is 5.66. The van der Waals surface area contributed by atoms with Crippen molar-refractivity contribution in [3.05, 3.63) is 82.0 Å². The zero-order valence-electron chi connectivity index (χ0n) is 25.9. The molecular weight excluding hydrogens is 615 g/mol. The highest BCUT2D eigenvalue weighted by Gasteiger charge is 2.26. The number of methoxy groups -OCH3 is 1. The molecule has 0 radical (unpaired) electrons. The van der Waals surface area contributed by atoms with Crippen molar-refractivity contribution < 1.29 is 28.2 Å². The molecule has 0 spiro atoms. The number of ether oxygens (including phenoxy) is 2. The lowest BCUT2D eigenvalue weighted by molar-refractivity contribution is -0.139. The number of hydrogen-bond acceptors (Lipinski definition) is 8. The highest BCUT2D eigenvalue weighted by atomic mass is 35.5. The van der Waals surface area contributed by atoms with Gasteiger partial charge in [-0.1, -0.05) is 48.4 Å². The number of carbonyl (C=O) groups is 3. The number of fused-ring (bicyclic) bond motifs is 4. The molecule has 46 heavy (non-hydrogen) atoms. The molecule has 0 saturated carbocycles. The van der Waals surface area contributed by atoms with Gasteiger partial charge >= 0.3 is 5.97 Å². The molecule has 0 saturated heterocycles. The smallest absolute Gasteiger partial charge is 0.309 e. The van der Waals surface area contributed by atoms with Crippen LogP contribution in [0.4, 0.5) is 10.1 Å². The standard InChI is InChI=1S/C33H34ClFN6O5/c1-5-46-28-17-21-16-26(36-28)24(37-33(44)31-19(3)41(40-39-31)27-11-7-9-23(34)30(27)35)10-6-8-18(2)32(43)38-25-14-20(12-13-22(21)25)15-29(42)45-4/h7,9,11-14,16-18,24H,5-6,8,10,15H2,1-4H3,(H,37,44)(H,38,43)/t18-,24-/m0/s1. The molecule has 0 unspecified atom stereocenters. The number of carbonyl (C=O) groups excluding carboxylic acids is 3. The van der Waals surface area contributed by atoms with E-state index in [2.05, 4.69) is 20.9 Å². The van der Waals surface area contributed by atoms with Crippen molar-refractivity contribution in [1.29, 1.82) is 0 Å². The van der Waals surface area contributed by atoms with Gasteiger partial charge in [-0.15, -0.1) is 5.10 Å². The van der Waals surface area contributed by atoms with Gasteiger partial charge < -0.3 is 20.1 Å². The average Bonchev–Trinajstić information content (AvgIpc) is 3.42. The SMILES string of the molecule is CCOc1cc2cc(n1)[C@@H](NC(=O)c1nnn(-c3cccc(Cl)c3F)c1C)CCC[C@H](C)C(=O)Nc1cc(CC(=O)OC)ccc1-2. The normalized spacial score (nSPS) is 16.3. The summed E-state index contributed by atoms with van der Waals surface area (Å²) in [4.78, 5) is 43.6. The molecule has 240 valence electrons. The highest BCUT2D eigenvalue weighted by Crippen LogP contribution is 2.35. The summed E-state index contributed by atoms with van der Waals surface area (Å²) in [5.74, 6) is -1.76. The van der Waals surface area contributed by atoms with Gasteiger partial charge in [-0.05, 0) is 62.1 Å². The topological polar surface area (TPSA) is 137 Å². The first kappa shape index (κ1) is 32.6. The predicted octanol–water partition coefficient (Wildman–Crippen LogP) is 5.77. The number of anilines is 1. The van der Waals surface area contributed by atoms with Gasteiger partial charge in [-0.25, -0.2) is 14.1 Å². The van der Waals surface area contributed by atoms with E-state index in [-0.39, 0.29) is 34.6 Å². The first-order chi connectivity index (χ1) is 22.1. The van der Waals surface area contributed by atoms with Crippen molar-refractivity contribution in [2.24, 2.45) is 5.92 Å². The predicted molar refractivity (Wildman–Crippen MR) is 169 cm³/mol. The number of halogens is 2. The van der Waals surface area contributed by atoms with E-state index >= 15 is 0 Å². The number of benzene rings is 2. The first-order valence-electron chi connectivity index (χ1n) is 14.9. The lowest BCUT2D eigenvalue weighted by Gasteiger charge is -2.23. The van der Waals surface area contributed by atoms with Gasteiger partial charge in [0.15, 0.2) is 11.5 Å². The van der Waals surface area contributed by atoms with Crippen LogP contribution in [0.5, 0.6) is 5.88 Å². The second-order valence-corrected chi connectivity index (χ2v) is 11.4. The third-order valence-electron chi connectivity index (χ3n) is 7.85. The van der Waals surface area contributed by atoms with Crippen molar-refractivity contribution in [1.82, 2.24) is 25.3 Å². The van der Waals surface area contributed by atoms with Crippen molar-refractivity contribution in [2.75, 3.05) is 19.0 Å². The number of nitrogens with zero attached hydrogens (tertiary/aromatic N) is 4. The van der Waals surface area contributed by atoms with Gasteiger partial charge in [-0.2, -0.15) is 0 Å². The van der Waals surface area contributed by atoms with Gasteiger partial charge in [0.1, 0.15) is 5.69 Å². The van der Waals surface area contributed by atoms with E-state index in [1.54, 1.807) is 31.2 Å². The largest absolute Gasteiger partial charge is 0.478 e. The van der Waals surface area contributed by atoms with Crippen LogP contribution < -0.4 is 15.4 Å². The molecular formula is C33H34ClFN6O5. The zero-order valence-corrected chi connectivity index (χ0v) is 26.7. The van der Waals surface area contributed by atoms with Gasteiger partial charge in [0.25, 0.3) is 5.91 Å². The van der Waals surface area contributed by atoms with Crippen molar-refractivity contribution >= 4 is 35.1 Å². The molecule has 2 atom stereocenters. The Morgan fingerprint density at radius 1 is 1.17 bits per heavy atom. The van der Waals surface area contributed by atoms with Gasteiger partial charge in [-0.3, -0.25) is 14.4 Å². The fourth-order valence-electron chi connectivity index (χ4n) is 5.34. The molecule has 0 aliphatic carbocycles. The second-order valence-electron chi connectivity index (χ2n) is 11.0. The molecule has 4 aromatic rings. The van der Waals surface area contributed by atoms with Crippen molar-refractivity contribution in [3.8, 4) is 22.7 Å². The summed E-state index contributed by atoms with van der Waals surface area (Å²) >= 11 is 5.96. The zero-order chi connectivity index (χ0) is 33.0. The van der Waals surface area contributed by atoms with Gasteiger partial charge in [0, 0.05) is 23.2 Å². The summed E-state index contributed by atoms with van der Waals surface area (Å²) in [7, 11) is 1.32. The van der Waals surface area contributed by atoms with E-state index < -0.39 is 23.7 Å². The van der Waals surface area contributed by atoms with Crippen LogP contribution in [-0.4, -0.2) is 51.5 Å². The van der Waals surface area contributed by atoms with Gasteiger partial charge in [0.05, 0.1) is 42.6 Å². The van der Waals surface area contributed by atoms with Gasteiger partial charge in [0.2, 0.25) is 11.8 Å². The molecule has 0 fully saturated rings. The molecule has 2 bridgehead atoms. The number of hydrogen-bond donors (Lipinski definition) is 2. The average molecular weight is 649 g/mol. The molecule has 3 heterocycles. The van der Waals surface area contributed by atoms with Crippen LogP contribution in [0, 0.1) is 18.7 Å². The van der Waals surface area contributed by atoms with E-state index in [1.165, 1.54) is 23.9 Å². The van der Waals surface area contributed by atoms with Crippen LogP contribution in [-0.2, 0) is 20.7 Å². The fourth-order valence-corrected chi connectivity index (χ4v) is 5.51. The minimum Gasteiger partial charge on any atom is -0.478 e. The molecule has 1 aliphatic heterocycles. The molecule has 13 heteroatoms. The minimum absolute atomic E-state index is 0.0166. The Morgan fingerprint density at radius 3 is 2.74 bits per heavy atom. The Kier molecular flexibility index (Phi) is 9.96. The lowest BCUT2D eigenvalue weighted by Crippen LogP contribution is -2.30. The van der Waals surface area contributed by atoms with E-state index in [9.17, 15) is 18.8 Å². The van der Waals surface area contributed by atoms with Crippen molar-refractivity contribution in [3.63, 3.8) is 0 Å². The van der Waals surface area contributed by atoms with Crippen LogP contribution in [0.3, 0.4) is 0 Å². The summed E-state index contributed by atoms with van der Waals surface area (Å²) in [5.41, 5.74) is 3.54. The summed E-state index contributed by atoms with van der Waals surface area (Å²) in [5, 5.41) is 14.1. The Bertz CT molecular complexity index is 1790. The Hall–Kier alpha value is -4.84. The monoisotopic (exact) mass is 648 g/mol. The maximum Gasteiger partial charge on any atom is 0.309 e. The summed E-state index contributed by atoms with van der Waals surface area (Å²) < 4.78 is 26.6. The maximum atomic E-state index is 14.8. The molecule has 2 N–H and O–H groups in total. The number of amides is 2. The van der Waals surface area contributed by atoms with Crippen LogP contribution in [0.25, 0.3) is 16.8 Å². The fraction of sp³-hybridized carbons (Fsp3) is 0.333. The third-order valence-corrected chi connectivity index (χ3v) is 8.14. The third kappa shape index (κ3) is 7.02. The van der Waals surface area contributed by atoms with Crippen LogP contribution in [0.1, 0.15) is 66.6 Å². The number of aromatic nitrogens is 4. The van der Waals surface area contributed by atoms with E-state index in [4.69, 9.17) is 26.1 Å². The lowest BCUT2D eigenvalue weighted by atomic mass is 9.94. The molecule has 1 aliphatic rings. The molecule has 2 aromatic carbocycles. The quantitative estimate of drug-likeness (QED) is 0.241. The van der Waals surface area contributed by atoms with Crippen LogP contribution >= 0.6 is 11.6 Å². The Labute approximate surface area is 270 Å². The summed E-state index contributed by atoms with van der Waals surface area (Å²) in [6, 6.07) is 12.9. The van der Waals surface area contributed by atoms with Crippen LogP contribution in [0.2, 0.25) is 5.02 Å². The number of pyridine rings is 1. The van der Waals surface area contributed by atoms with E-state index in [0.717, 1.165) is 0 Å². The van der Waals surface area contributed by atoms with E-state index in [0.29, 0.717) is 65.5 Å². The molecule has 5 rings (SSSR count). The number of rotatable bonds is 7. The number of esters is 1.